The van der Waals surface area contributed by atoms with E-state index in [9.17, 15) is 8.78 Å². The highest BCUT2D eigenvalue weighted by molar-refractivity contribution is 5.50. The Morgan fingerprint density at radius 1 is 1.05 bits per heavy atom. The number of halogens is 2. The van der Waals surface area contributed by atoms with E-state index in [1.165, 1.54) is 6.07 Å². The van der Waals surface area contributed by atoms with Crippen molar-refractivity contribution in [1.29, 1.82) is 0 Å². The Labute approximate surface area is 110 Å². The van der Waals surface area contributed by atoms with Gasteiger partial charge in [0.2, 0.25) is 0 Å². The Hall–Kier alpha value is -1.36. The Bertz CT molecular complexity index is 459. The van der Waals surface area contributed by atoms with Gasteiger partial charge in [0.25, 0.3) is 6.43 Å². The molecule has 0 amide bonds. The molecule has 2 aliphatic rings. The number of rotatable bonds is 2. The Balaban J connectivity index is 2.00. The molecule has 1 fully saturated rings. The number of hydrogen-bond donors (Lipinski definition) is 1. The molecule has 0 atom stereocenters. The molecule has 0 aliphatic carbocycles. The first kappa shape index (κ1) is 12.7. The van der Waals surface area contributed by atoms with Crippen LogP contribution in [0.3, 0.4) is 0 Å². The molecule has 2 aliphatic heterocycles. The monoisotopic (exact) mass is 269 g/mol. The molecule has 5 heteroatoms. The fourth-order valence-electron chi connectivity index (χ4n) is 2.80. The van der Waals surface area contributed by atoms with E-state index in [0.717, 1.165) is 31.5 Å². The van der Waals surface area contributed by atoms with Gasteiger partial charge in [0, 0.05) is 5.56 Å². The SMILES string of the molecule is FC(F)c1cc2c(cc1C1CCNCC1)OCCO2. The summed E-state index contributed by atoms with van der Waals surface area (Å²) in [5, 5.41) is 3.25. The minimum atomic E-state index is -2.47. The van der Waals surface area contributed by atoms with Gasteiger partial charge in [-0.05, 0) is 49.5 Å². The van der Waals surface area contributed by atoms with E-state index in [1.54, 1.807) is 6.07 Å². The third kappa shape index (κ3) is 2.52. The average Bonchev–Trinajstić information content (AvgIpc) is 2.46. The zero-order valence-electron chi connectivity index (χ0n) is 10.6. The molecule has 104 valence electrons. The second-order valence-electron chi connectivity index (χ2n) is 4.95. The fourth-order valence-corrected chi connectivity index (χ4v) is 2.80. The Morgan fingerprint density at radius 3 is 2.32 bits per heavy atom. The predicted octanol–water partition coefficient (Wildman–Crippen LogP) is 2.86. The zero-order valence-corrected chi connectivity index (χ0v) is 10.6. The van der Waals surface area contributed by atoms with Crippen LogP contribution in [0, 0.1) is 0 Å². The number of alkyl halides is 2. The van der Waals surface area contributed by atoms with Gasteiger partial charge in [-0.2, -0.15) is 0 Å². The van der Waals surface area contributed by atoms with Crippen LogP contribution in [-0.4, -0.2) is 26.3 Å². The topological polar surface area (TPSA) is 30.5 Å². The van der Waals surface area contributed by atoms with Crippen LogP contribution in [-0.2, 0) is 0 Å². The largest absolute Gasteiger partial charge is 0.486 e. The van der Waals surface area contributed by atoms with Crippen LogP contribution in [0.5, 0.6) is 11.5 Å². The van der Waals surface area contributed by atoms with E-state index < -0.39 is 6.43 Å². The van der Waals surface area contributed by atoms with Gasteiger partial charge >= 0.3 is 0 Å². The summed E-state index contributed by atoms with van der Waals surface area (Å²) in [6, 6.07) is 3.21. The molecule has 0 unspecified atom stereocenters. The number of hydrogen-bond acceptors (Lipinski definition) is 3. The molecule has 3 rings (SSSR count). The van der Waals surface area contributed by atoms with Crippen LogP contribution < -0.4 is 14.8 Å². The zero-order chi connectivity index (χ0) is 13.2. The molecule has 1 N–H and O–H groups in total. The van der Waals surface area contributed by atoms with Gasteiger partial charge in [-0.3, -0.25) is 0 Å². The number of ether oxygens (including phenoxy) is 2. The number of piperidine rings is 1. The minimum Gasteiger partial charge on any atom is -0.486 e. The van der Waals surface area contributed by atoms with Crippen LogP contribution >= 0.6 is 0 Å². The van der Waals surface area contributed by atoms with Gasteiger partial charge in [0.05, 0.1) is 0 Å². The van der Waals surface area contributed by atoms with Gasteiger partial charge in [0.15, 0.2) is 11.5 Å². The van der Waals surface area contributed by atoms with Gasteiger partial charge in [-0.15, -0.1) is 0 Å². The lowest BCUT2D eigenvalue weighted by Gasteiger charge is -2.27. The summed E-state index contributed by atoms with van der Waals surface area (Å²) >= 11 is 0. The van der Waals surface area contributed by atoms with E-state index in [4.69, 9.17) is 9.47 Å². The van der Waals surface area contributed by atoms with Crippen molar-refractivity contribution in [1.82, 2.24) is 5.32 Å². The van der Waals surface area contributed by atoms with Gasteiger partial charge in [0.1, 0.15) is 13.2 Å². The fraction of sp³-hybridized carbons (Fsp3) is 0.571. The lowest BCUT2D eigenvalue weighted by molar-refractivity contribution is 0.144. The molecule has 0 bridgehead atoms. The lowest BCUT2D eigenvalue weighted by atomic mass is 9.86. The van der Waals surface area contributed by atoms with Crippen molar-refractivity contribution in [2.24, 2.45) is 0 Å². The third-order valence-electron chi connectivity index (χ3n) is 3.76. The molecular weight excluding hydrogens is 252 g/mol. The molecule has 0 spiro atoms. The molecule has 19 heavy (non-hydrogen) atoms. The van der Waals surface area contributed by atoms with Crippen molar-refractivity contribution in [2.45, 2.75) is 25.2 Å². The highest BCUT2D eigenvalue weighted by Crippen LogP contribution is 2.41. The van der Waals surface area contributed by atoms with Crippen molar-refractivity contribution >= 4 is 0 Å². The van der Waals surface area contributed by atoms with Crippen molar-refractivity contribution in [3.63, 3.8) is 0 Å². The average molecular weight is 269 g/mol. The van der Waals surface area contributed by atoms with Crippen LogP contribution in [0.1, 0.15) is 36.3 Å². The Kier molecular flexibility index (Phi) is 3.55. The van der Waals surface area contributed by atoms with Crippen LogP contribution in [0.25, 0.3) is 0 Å². The molecule has 1 saturated heterocycles. The predicted molar refractivity (Wildman–Crippen MR) is 67.2 cm³/mol. The highest BCUT2D eigenvalue weighted by atomic mass is 19.3. The van der Waals surface area contributed by atoms with Gasteiger partial charge in [-0.25, -0.2) is 8.78 Å². The number of fused-ring (bicyclic) bond motifs is 1. The summed E-state index contributed by atoms with van der Waals surface area (Å²) in [5.74, 6) is 1.23. The van der Waals surface area contributed by atoms with Crippen molar-refractivity contribution in [2.75, 3.05) is 26.3 Å². The van der Waals surface area contributed by atoms with E-state index >= 15 is 0 Å². The first-order valence-electron chi connectivity index (χ1n) is 6.68. The molecular formula is C14H17F2NO2. The summed E-state index contributed by atoms with van der Waals surface area (Å²) in [6.07, 6.45) is -0.695. The lowest BCUT2D eigenvalue weighted by Crippen LogP contribution is -2.27. The van der Waals surface area contributed by atoms with Crippen molar-refractivity contribution in [3.05, 3.63) is 23.3 Å². The maximum Gasteiger partial charge on any atom is 0.264 e. The van der Waals surface area contributed by atoms with Crippen molar-refractivity contribution in [3.8, 4) is 11.5 Å². The maximum absolute atomic E-state index is 13.2. The summed E-state index contributed by atoms with van der Waals surface area (Å²) < 4.78 is 37.4. The van der Waals surface area contributed by atoms with Gasteiger partial charge in [-0.1, -0.05) is 0 Å². The van der Waals surface area contributed by atoms with E-state index in [1.807, 2.05) is 0 Å². The highest BCUT2D eigenvalue weighted by Gasteiger charge is 2.26. The molecule has 0 saturated carbocycles. The second kappa shape index (κ2) is 5.33. The molecule has 0 aromatic heterocycles. The van der Waals surface area contributed by atoms with Crippen LogP contribution in [0.4, 0.5) is 8.78 Å². The summed E-state index contributed by atoms with van der Waals surface area (Å²) in [4.78, 5) is 0. The maximum atomic E-state index is 13.2. The smallest absolute Gasteiger partial charge is 0.264 e. The number of nitrogens with one attached hydrogen (secondary N) is 1. The third-order valence-corrected chi connectivity index (χ3v) is 3.76. The van der Waals surface area contributed by atoms with Crippen LogP contribution in [0.15, 0.2) is 12.1 Å². The standard InChI is InChI=1S/C14H17F2NO2/c15-14(16)11-8-13-12(18-5-6-19-13)7-10(11)9-1-3-17-4-2-9/h7-9,14,17H,1-6H2. The molecule has 3 nitrogen and oxygen atoms in total. The van der Waals surface area contributed by atoms with E-state index in [-0.39, 0.29) is 11.5 Å². The summed E-state index contributed by atoms with van der Waals surface area (Å²) in [5.41, 5.74) is 0.817. The first-order chi connectivity index (χ1) is 9.25. The normalized spacial score (nSPS) is 19.7. The Morgan fingerprint density at radius 2 is 1.68 bits per heavy atom. The second-order valence-corrected chi connectivity index (χ2v) is 4.95. The van der Waals surface area contributed by atoms with Gasteiger partial charge < -0.3 is 14.8 Å². The first-order valence-corrected chi connectivity index (χ1v) is 6.68. The van der Waals surface area contributed by atoms with Crippen LogP contribution in [0.2, 0.25) is 0 Å². The van der Waals surface area contributed by atoms with E-state index in [2.05, 4.69) is 5.32 Å². The minimum absolute atomic E-state index is 0.0937. The van der Waals surface area contributed by atoms with E-state index in [0.29, 0.717) is 24.7 Å². The summed E-state index contributed by atoms with van der Waals surface area (Å²) in [6.45, 7) is 2.65. The quantitative estimate of drug-likeness (QED) is 0.895. The molecule has 2 heterocycles. The molecule has 1 aromatic carbocycles. The van der Waals surface area contributed by atoms with Crippen molar-refractivity contribution < 1.29 is 18.3 Å². The summed E-state index contributed by atoms with van der Waals surface area (Å²) in [7, 11) is 0. The molecule has 0 radical (unpaired) electrons. The number of benzene rings is 1. The molecule has 1 aromatic rings.